The van der Waals surface area contributed by atoms with Crippen LogP contribution in [-0.2, 0) is 4.79 Å². The van der Waals surface area contributed by atoms with Crippen molar-refractivity contribution in [1.82, 2.24) is 0 Å². The van der Waals surface area contributed by atoms with Gasteiger partial charge in [0.15, 0.2) is 6.61 Å². The van der Waals surface area contributed by atoms with Gasteiger partial charge in [0.2, 0.25) is 0 Å². The number of nitrogens with one attached hydrogen (secondary N) is 1. The van der Waals surface area contributed by atoms with Gasteiger partial charge in [-0.15, -0.1) is 0 Å². The minimum absolute atomic E-state index is 0.121. The molecule has 0 unspecified atom stereocenters. The number of hydrogen-bond donors (Lipinski definition) is 1. The summed E-state index contributed by atoms with van der Waals surface area (Å²) in [6, 6.07) is 12.3. The Balaban J connectivity index is 1.91. The van der Waals surface area contributed by atoms with E-state index in [9.17, 15) is 4.79 Å². The maximum atomic E-state index is 12.0. The SMILES string of the molecule is CCOc1ccc(NC(=O)COc2cc(OC)cc(OC)c2)cc1. The van der Waals surface area contributed by atoms with E-state index in [1.54, 1.807) is 56.7 Å². The molecule has 2 rings (SSSR count). The van der Waals surface area contributed by atoms with Crippen LogP contribution < -0.4 is 24.3 Å². The summed E-state index contributed by atoms with van der Waals surface area (Å²) in [5.41, 5.74) is 0.676. The van der Waals surface area contributed by atoms with Gasteiger partial charge < -0.3 is 24.3 Å². The van der Waals surface area contributed by atoms with Gasteiger partial charge in [0.05, 0.1) is 20.8 Å². The lowest BCUT2D eigenvalue weighted by Crippen LogP contribution is -2.20. The van der Waals surface area contributed by atoms with E-state index in [4.69, 9.17) is 18.9 Å². The second-order valence-electron chi connectivity index (χ2n) is 4.84. The van der Waals surface area contributed by atoms with E-state index in [0.717, 1.165) is 5.75 Å². The third-order valence-electron chi connectivity index (χ3n) is 3.14. The van der Waals surface area contributed by atoms with Crippen LogP contribution in [0.2, 0.25) is 0 Å². The van der Waals surface area contributed by atoms with Crippen LogP contribution in [-0.4, -0.2) is 33.3 Å². The van der Waals surface area contributed by atoms with Gasteiger partial charge in [-0.1, -0.05) is 0 Å². The third-order valence-corrected chi connectivity index (χ3v) is 3.14. The zero-order valence-electron chi connectivity index (χ0n) is 14.0. The van der Waals surface area contributed by atoms with Crippen LogP contribution in [0.15, 0.2) is 42.5 Å². The quantitative estimate of drug-likeness (QED) is 0.805. The Morgan fingerprint density at radius 1 is 0.875 bits per heavy atom. The molecule has 0 aromatic heterocycles. The Labute approximate surface area is 141 Å². The van der Waals surface area contributed by atoms with Crippen LogP contribution in [0.3, 0.4) is 0 Å². The van der Waals surface area contributed by atoms with Gasteiger partial charge in [-0.2, -0.15) is 0 Å². The topological polar surface area (TPSA) is 66.0 Å². The van der Waals surface area contributed by atoms with Crippen molar-refractivity contribution in [1.29, 1.82) is 0 Å². The molecule has 24 heavy (non-hydrogen) atoms. The number of hydrogen-bond acceptors (Lipinski definition) is 5. The zero-order valence-corrected chi connectivity index (χ0v) is 14.0. The molecule has 128 valence electrons. The van der Waals surface area contributed by atoms with Crippen molar-refractivity contribution in [3.63, 3.8) is 0 Å². The van der Waals surface area contributed by atoms with Gasteiger partial charge >= 0.3 is 0 Å². The minimum atomic E-state index is -0.263. The summed E-state index contributed by atoms with van der Waals surface area (Å²) in [5, 5.41) is 2.76. The normalized spacial score (nSPS) is 9.96. The first-order valence-corrected chi connectivity index (χ1v) is 7.53. The van der Waals surface area contributed by atoms with Crippen LogP contribution in [0.25, 0.3) is 0 Å². The van der Waals surface area contributed by atoms with Crippen molar-refractivity contribution in [3.05, 3.63) is 42.5 Å². The number of carbonyl (C=O) groups is 1. The first kappa shape index (κ1) is 17.5. The average molecular weight is 331 g/mol. The highest BCUT2D eigenvalue weighted by molar-refractivity contribution is 5.91. The lowest BCUT2D eigenvalue weighted by molar-refractivity contribution is -0.118. The predicted octanol–water partition coefficient (Wildman–Crippen LogP) is 3.12. The molecular formula is C18H21NO5. The number of rotatable bonds is 8. The third kappa shape index (κ3) is 5.08. The summed E-state index contributed by atoms with van der Waals surface area (Å²) < 4.78 is 21.2. The number of ether oxygens (including phenoxy) is 4. The van der Waals surface area contributed by atoms with Gasteiger partial charge in [0.25, 0.3) is 5.91 Å². The fourth-order valence-corrected chi connectivity index (χ4v) is 2.01. The molecule has 0 saturated heterocycles. The molecule has 0 atom stereocenters. The van der Waals surface area contributed by atoms with Gasteiger partial charge in [-0.25, -0.2) is 0 Å². The highest BCUT2D eigenvalue weighted by Crippen LogP contribution is 2.27. The molecule has 6 nitrogen and oxygen atoms in total. The highest BCUT2D eigenvalue weighted by Gasteiger charge is 2.07. The van der Waals surface area contributed by atoms with Crippen LogP contribution in [0.5, 0.6) is 23.0 Å². The van der Waals surface area contributed by atoms with Crippen molar-refractivity contribution in [2.24, 2.45) is 0 Å². The van der Waals surface area contributed by atoms with Crippen molar-refractivity contribution in [3.8, 4) is 23.0 Å². The summed E-state index contributed by atoms with van der Waals surface area (Å²) >= 11 is 0. The summed E-state index contributed by atoms with van der Waals surface area (Å²) in [5.74, 6) is 2.18. The lowest BCUT2D eigenvalue weighted by Gasteiger charge is -2.11. The highest BCUT2D eigenvalue weighted by atomic mass is 16.5. The molecular weight excluding hydrogens is 310 g/mol. The average Bonchev–Trinajstić information content (AvgIpc) is 2.61. The molecule has 2 aromatic carbocycles. The Kier molecular flexibility index (Phi) is 6.31. The Morgan fingerprint density at radius 2 is 1.46 bits per heavy atom. The fourth-order valence-electron chi connectivity index (χ4n) is 2.01. The van der Waals surface area contributed by atoms with E-state index in [1.165, 1.54) is 0 Å². The number of carbonyl (C=O) groups excluding carboxylic acids is 1. The lowest BCUT2D eigenvalue weighted by atomic mass is 10.3. The molecule has 0 spiro atoms. The first-order chi connectivity index (χ1) is 11.6. The molecule has 0 bridgehead atoms. The second-order valence-corrected chi connectivity index (χ2v) is 4.84. The zero-order chi connectivity index (χ0) is 17.4. The number of amides is 1. The maximum absolute atomic E-state index is 12.0. The largest absolute Gasteiger partial charge is 0.496 e. The summed E-state index contributed by atoms with van der Waals surface area (Å²) in [6.07, 6.45) is 0. The van der Waals surface area contributed by atoms with Crippen molar-refractivity contribution >= 4 is 11.6 Å². The van der Waals surface area contributed by atoms with Crippen molar-refractivity contribution < 1.29 is 23.7 Å². The van der Waals surface area contributed by atoms with Crippen LogP contribution >= 0.6 is 0 Å². The van der Waals surface area contributed by atoms with Crippen LogP contribution in [0.1, 0.15) is 6.92 Å². The fraction of sp³-hybridized carbons (Fsp3) is 0.278. The standard InChI is InChI=1S/C18H21NO5/c1-4-23-14-7-5-13(6-8-14)19-18(20)12-24-17-10-15(21-2)9-16(11-17)22-3/h5-11H,4,12H2,1-3H3,(H,19,20). The Bertz CT molecular complexity index is 647. The molecule has 6 heteroatoms. The van der Waals surface area contributed by atoms with Crippen molar-refractivity contribution in [2.45, 2.75) is 6.92 Å². The van der Waals surface area contributed by atoms with Gasteiger partial charge in [-0.3, -0.25) is 4.79 Å². The molecule has 0 heterocycles. The van der Waals surface area contributed by atoms with Crippen LogP contribution in [0, 0.1) is 0 Å². The van der Waals surface area contributed by atoms with E-state index < -0.39 is 0 Å². The molecule has 1 N–H and O–H groups in total. The molecule has 0 radical (unpaired) electrons. The monoisotopic (exact) mass is 331 g/mol. The second kappa shape index (κ2) is 8.67. The van der Waals surface area contributed by atoms with E-state index in [1.807, 2.05) is 6.92 Å². The molecule has 0 saturated carbocycles. The van der Waals surface area contributed by atoms with E-state index in [0.29, 0.717) is 29.5 Å². The first-order valence-electron chi connectivity index (χ1n) is 7.53. The summed E-state index contributed by atoms with van der Waals surface area (Å²) in [7, 11) is 3.11. The Hall–Kier alpha value is -2.89. The molecule has 0 aliphatic carbocycles. The molecule has 2 aromatic rings. The minimum Gasteiger partial charge on any atom is -0.496 e. The number of benzene rings is 2. The number of methoxy groups -OCH3 is 2. The molecule has 0 aliphatic rings. The molecule has 0 fully saturated rings. The van der Waals surface area contributed by atoms with Gasteiger partial charge in [-0.05, 0) is 31.2 Å². The maximum Gasteiger partial charge on any atom is 0.262 e. The summed E-state index contributed by atoms with van der Waals surface area (Å²) in [4.78, 5) is 12.0. The van der Waals surface area contributed by atoms with E-state index >= 15 is 0 Å². The molecule has 0 aliphatic heterocycles. The number of anilines is 1. The van der Waals surface area contributed by atoms with E-state index in [2.05, 4.69) is 5.32 Å². The predicted molar refractivity (Wildman–Crippen MR) is 91.3 cm³/mol. The molecule has 1 amide bonds. The summed E-state index contributed by atoms with van der Waals surface area (Å²) in [6.45, 7) is 2.40. The van der Waals surface area contributed by atoms with Crippen LogP contribution in [0.4, 0.5) is 5.69 Å². The van der Waals surface area contributed by atoms with Gasteiger partial charge in [0, 0.05) is 23.9 Å². The van der Waals surface area contributed by atoms with Gasteiger partial charge in [0.1, 0.15) is 23.0 Å². The Morgan fingerprint density at radius 3 is 2.00 bits per heavy atom. The van der Waals surface area contributed by atoms with E-state index in [-0.39, 0.29) is 12.5 Å². The van der Waals surface area contributed by atoms with Crippen molar-refractivity contribution in [2.75, 3.05) is 32.8 Å². The smallest absolute Gasteiger partial charge is 0.262 e.